The van der Waals surface area contributed by atoms with Crippen LogP contribution in [0.1, 0.15) is 76.7 Å². The minimum atomic E-state index is -0.101. The Morgan fingerprint density at radius 2 is 1.56 bits per heavy atom. The normalized spacial score (nSPS) is 10.9. The molecule has 27 heavy (non-hydrogen) atoms. The van der Waals surface area contributed by atoms with E-state index in [2.05, 4.69) is 23.7 Å². The van der Waals surface area contributed by atoms with Crippen molar-refractivity contribution >= 4 is 29.5 Å². The fourth-order valence-corrected chi connectivity index (χ4v) is 4.65. The smallest absolute Gasteiger partial charge is 0.306 e. The van der Waals surface area contributed by atoms with Crippen LogP contribution < -0.4 is 0 Å². The molecule has 0 bridgehead atoms. The van der Waals surface area contributed by atoms with E-state index >= 15 is 0 Å². The molecular formula is C22H37NO2S2. The maximum Gasteiger partial charge on any atom is 0.306 e. The molecule has 1 aromatic heterocycles. The molecule has 5 heteroatoms. The maximum atomic E-state index is 11.7. The van der Waals surface area contributed by atoms with Gasteiger partial charge in [-0.3, -0.25) is 9.78 Å². The third-order valence-electron chi connectivity index (χ3n) is 4.26. The minimum absolute atomic E-state index is 0.101. The zero-order chi connectivity index (χ0) is 19.4. The summed E-state index contributed by atoms with van der Waals surface area (Å²) in [4.78, 5) is 15.7. The second-order valence-electron chi connectivity index (χ2n) is 6.83. The molecule has 0 amide bonds. The van der Waals surface area contributed by atoms with Crippen molar-refractivity contribution < 1.29 is 9.53 Å². The number of hydrogen-bond acceptors (Lipinski definition) is 5. The Kier molecular flexibility index (Phi) is 16.8. The van der Waals surface area contributed by atoms with Gasteiger partial charge in [-0.15, -0.1) is 0 Å². The number of unbranched alkanes of at least 4 members (excludes halogenated alkanes) is 6. The van der Waals surface area contributed by atoms with Crippen molar-refractivity contribution in [1.29, 1.82) is 0 Å². The van der Waals surface area contributed by atoms with Crippen LogP contribution >= 0.6 is 23.5 Å². The quantitative estimate of drug-likeness (QED) is 0.203. The highest BCUT2D eigenvalue weighted by Gasteiger charge is 2.03. The van der Waals surface area contributed by atoms with E-state index in [4.69, 9.17) is 4.74 Å². The molecule has 0 aliphatic heterocycles. The van der Waals surface area contributed by atoms with E-state index in [9.17, 15) is 4.79 Å². The second kappa shape index (κ2) is 18.7. The number of carbonyl (C=O) groups is 1. The van der Waals surface area contributed by atoms with Gasteiger partial charge in [0.25, 0.3) is 0 Å². The molecule has 0 fully saturated rings. The van der Waals surface area contributed by atoms with Gasteiger partial charge in [-0.05, 0) is 61.2 Å². The molecule has 0 saturated carbocycles. The fraction of sp³-hybridized carbons (Fsp3) is 0.727. The van der Waals surface area contributed by atoms with E-state index in [1.807, 2.05) is 23.9 Å². The highest BCUT2D eigenvalue weighted by Crippen LogP contribution is 2.13. The largest absolute Gasteiger partial charge is 0.461 e. The lowest BCUT2D eigenvalue weighted by Crippen LogP contribution is -2.04. The zero-order valence-electron chi connectivity index (χ0n) is 17.0. The van der Waals surface area contributed by atoms with Crippen LogP contribution in [0, 0.1) is 0 Å². The van der Waals surface area contributed by atoms with Gasteiger partial charge in [0.2, 0.25) is 0 Å². The summed E-state index contributed by atoms with van der Waals surface area (Å²) in [6.07, 6.45) is 15.6. The van der Waals surface area contributed by atoms with Crippen LogP contribution in [0.2, 0.25) is 0 Å². The topological polar surface area (TPSA) is 39.2 Å². The highest BCUT2D eigenvalue weighted by molar-refractivity contribution is 7.99. The highest BCUT2D eigenvalue weighted by atomic mass is 32.2. The number of pyridine rings is 1. The summed E-state index contributed by atoms with van der Waals surface area (Å²) in [5, 5.41) is 0. The molecule has 0 aliphatic carbocycles. The molecule has 1 rings (SSSR count). The van der Waals surface area contributed by atoms with Crippen LogP contribution in [0.5, 0.6) is 0 Å². The Morgan fingerprint density at radius 3 is 2.19 bits per heavy atom. The van der Waals surface area contributed by atoms with Crippen LogP contribution in [0.25, 0.3) is 0 Å². The van der Waals surface area contributed by atoms with Crippen molar-refractivity contribution in [2.45, 2.75) is 77.7 Å². The van der Waals surface area contributed by atoms with Gasteiger partial charge in [0.05, 0.1) is 0 Å². The Morgan fingerprint density at radius 1 is 0.926 bits per heavy atom. The number of nitrogens with zero attached hydrogens (tertiary/aromatic N) is 1. The Balaban J connectivity index is 1.77. The lowest BCUT2D eigenvalue weighted by atomic mass is 10.2. The van der Waals surface area contributed by atoms with Gasteiger partial charge < -0.3 is 4.74 Å². The van der Waals surface area contributed by atoms with Gasteiger partial charge in [-0.2, -0.15) is 23.5 Å². The predicted molar refractivity (Wildman–Crippen MR) is 121 cm³/mol. The molecule has 0 saturated heterocycles. The molecule has 0 aliphatic rings. The molecule has 3 nitrogen and oxygen atoms in total. The van der Waals surface area contributed by atoms with Crippen molar-refractivity contribution in [1.82, 2.24) is 4.98 Å². The van der Waals surface area contributed by atoms with Gasteiger partial charge in [-0.25, -0.2) is 0 Å². The Hall–Kier alpha value is -0.680. The third kappa shape index (κ3) is 16.0. The SMILES string of the molecule is CCCCCCCSCCCCSCCCCC(=O)OCc1cccnc1. The van der Waals surface area contributed by atoms with Gasteiger partial charge in [0.1, 0.15) is 6.61 Å². The number of carbonyl (C=O) groups excluding carboxylic acids is 1. The van der Waals surface area contributed by atoms with Crippen LogP contribution in [-0.2, 0) is 16.1 Å². The van der Waals surface area contributed by atoms with E-state index in [-0.39, 0.29) is 5.97 Å². The summed E-state index contributed by atoms with van der Waals surface area (Å²) in [6.45, 7) is 2.60. The van der Waals surface area contributed by atoms with Crippen molar-refractivity contribution in [3.05, 3.63) is 30.1 Å². The molecule has 0 atom stereocenters. The lowest BCUT2D eigenvalue weighted by molar-refractivity contribution is -0.145. The van der Waals surface area contributed by atoms with E-state index in [0.29, 0.717) is 13.0 Å². The summed E-state index contributed by atoms with van der Waals surface area (Å²) in [6, 6.07) is 3.77. The fourth-order valence-electron chi connectivity index (χ4n) is 2.61. The van der Waals surface area contributed by atoms with Gasteiger partial charge >= 0.3 is 5.97 Å². The number of ether oxygens (including phenoxy) is 1. The standard InChI is InChI=1S/C22H37NO2S2/c1-2-3-4-5-7-15-26-17-9-10-18-27-16-8-6-13-22(24)25-20-21-12-11-14-23-19-21/h11-12,14,19H,2-10,13,15-18,20H2,1H3. The Labute approximate surface area is 174 Å². The summed E-state index contributed by atoms with van der Waals surface area (Å²) in [5.41, 5.74) is 0.941. The van der Waals surface area contributed by atoms with Crippen molar-refractivity contribution in [3.8, 4) is 0 Å². The van der Waals surface area contributed by atoms with Crippen molar-refractivity contribution in [2.24, 2.45) is 0 Å². The van der Waals surface area contributed by atoms with Crippen molar-refractivity contribution in [3.63, 3.8) is 0 Å². The third-order valence-corrected chi connectivity index (χ3v) is 6.57. The predicted octanol–water partition coefficient (Wildman–Crippen LogP) is 6.51. The number of hydrogen-bond donors (Lipinski definition) is 0. The van der Waals surface area contributed by atoms with E-state index in [1.165, 1.54) is 62.2 Å². The van der Waals surface area contributed by atoms with Crippen LogP contribution in [-0.4, -0.2) is 34.0 Å². The van der Waals surface area contributed by atoms with Crippen molar-refractivity contribution in [2.75, 3.05) is 23.0 Å². The summed E-state index contributed by atoms with van der Waals surface area (Å²) in [5.74, 6) is 4.96. The summed E-state index contributed by atoms with van der Waals surface area (Å²) in [7, 11) is 0. The first kappa shape index (κ1) is 24.4. The minimum Gasteiger partial charge on any atom is -0.461 e. The van der Waals surface area contributed by atoms with Crippen LogP contribution in [0.15, 0.2) is 24.5 Å². The number of aromatic nitrogens is 1. The van der Waals surface area contributed by atoms with Gasteiger partial charge in [0.15, 0.2) is 0 Å². The molecule has 0 radical (unpaired) electrons. The summed E-state index contributed by atoms with van der Waals surface area (Å²) < 4.78 is 5.26. The first-order valence-corrected chi connectivity index (χ1v) is 12.8. The molecule has 1 aromatic rings. The van der Waals surface area contributed by atoms with E-state index < -0.39 is 0 Å². The molecule has 0 unspecified atom stereocenters. The molecular weight excluding hydrogens is 374 g/mol. The summed E-state index contributed by atoms with van der Waals surface area (Å²) >= 11 is 4.15. The molecule has 0 aromatic carbocycles. The lowest BCUT2D eigenvalue weighted by Gasteiger charge is -2.05. The van der Waals surface area contributed by atoms with E-state index in [0.717, 1.165) is 24.2 Å². The van der Waals surface area contributed by atoms with E-state index in [1.54, 1.807) is 12.4 Å². The Bertz CT molecular complexity index is 457. The monoisotopic (exact) mass is 411 g/mol. The number of thioether (sulfide) groups is 2. The zero-order valence-corrected chi connectivity index (χ0v) is 18.6. The van der Waals surface area contributed by atoms with Gasteiger partial charge in [-0.1, -0.05) is 38.7 Å². The molecule has 1 heterocycles. The average Bonchev–Trinajstić information content (AvgIpc) is 2.70. The number of rotatable bonds is 18. The molecule has 0 N–H and O–H groups in total. The average molecular weight is 412 g/mol. The number of esters is 1. The maximum absolute atomic E-state index is 11.7. The molecule has 0 spiro atoms. The van der Waals surface area contributed by atoms with Crippen LogP contribution in [0.4, 0.5) is 0 Å². The second-order valence-corrected chi connectivity index (χ2v) is 9.27. The first-order valence-electron chi connectivity index (χ1n) is 10.5. The molecule has 154 valence electrons. The van der Waals surface area contributed by atoms with Crippen LogP contribution in [0.3, 0.4) is 0 Å². The first-order chi connectivity index (χ1) is 13.3. The van der Waals surface area contributed by atoms with Gasteiger partial charge in [0, 0.05) is 24.4 Å².